The van der Waals surface area contributed by atoms with Gasteiger partial charge in [-0.25, -0.2) is 4.39 Å². The predicted molar refractivity (Wildman–Crippen MR) is 138 cm³/mol. The number of allylic oxidation sites excluding steroid dienone is 2. The largest absolute Gasteiger partial charge is 0.382 e. The summed E-state index contributed by atoms with van der Waals surface area (Å²) in [5.74, 6) is -3.30. The van der Waals surface area contributed by atoms with Gasteiger partial charge in [-0.05, 0) is 43.3 Å². The first-order chi connectivity index (χ1) is 17.5. The van der Waals surface area contributed by atoms with E-state index in [1.807, 2.05) is 0 Å². The Hall–Kier alpha value is -3.05. The van der Waals surface area contributed by atoms with Crippen LogP contribution in [0, 0.1) is 5.82 Å². The minimum Gasteiger partial charge on any atom is -0.382 e. The van der Waals surface area contributed by atoms with Crippen molar-refractivity contribution in [2.45, 2.75) is 22.8 Å². The third-order valence-corrected chi connectivity index (χ3v) is 7.40. The Kier molecular flexibility index (Phi) is 8.52. The zero-order chi connectivity index (χ0) is 28.6. The van der Waals surface area contributed by atoms with Gasteiger partial charge in [0.05, 0.1) is 5.69 Å². The second-order valence-electron chi connectivity index (χ2n) is 7.95. The topological polar surface area (TPSA) is 205 Å². The molecule has 0 aromatic heterocycles. The molecule has 1 aliphatic carbocycles. The predicted octanol–water partition coefficient (Wildman–Crippen LogP) is 2.65. The van der Waals surface area contributed by atoms with Crippen molar-refractivity contribution < 1.29 is 39.9 Å². The van der Waals surface area contributed by atoms with Crippen molar-refractivity contribution in [2.24, 2.45) is 5.73 Å². The molecule has 204 valence electrons. The first-order valence-corrected chi connectivity index (χ1v) is 13.9. The highest BCUT2D eigenvalue weighted by molar-refractivity contribution is 7.86. The van der Waals surface area contributed by atoms with Crippen LogP contribution in [0.1, 0.15) is 6.92 Å². The Morgan fingerprint density at radius 2 is 1.32 bits per heavy atom. The number of halogens is 3. The van der Waals surface area contributed by atoms with E-state index in [-0.39, 0.29) is 29.6 Å². The summed E-state index contributed by atoms with van der Waals surface area (Å²) in [6, 6.07) is 5.62. The van der Waals surface area contributed by atoms with Crippen molar-refractivity contribution in [3.63, 3.8) is 0 Å². The van der Waals surface area contributed by atoms with Gasteiger partial charge in [-0.15, -0.1) is 0 Å². The van der Waals surface area contributed by atoms with Crippen LogP contribution in [0.2, 0.25) is 0 Å². The summed E-state index contributed by atoms with van der Waals surface area (Å²) in [6.45, 7) is 1.84. The third kappa shape index (κ3) is 6.50. The summed E-state index contributed by atoms with van der Waals surface area (Å²) in [5.41, 5.74) is 4.29. The molecule has 38 heavy (non-hydrogen) atoms. The monoisotopic (exact) mass is 608 g/mol. The fourth-order valence-corrected chi connectivity index (χ4v) is 4.91. The highest BCUT2D eigenvalue weighted by Crippen LogP contribution is 2.33. The lowest BCUT2D eigenvalue weighted by Crippen LogP contribution is -2.27. The highest BCUT2D eigenvalue weighted by atomic mass is 35.5. The van der Waals surface area contributed by atoms with Crippen molar-refractivity contribution in [3.05, 3.63) is 63.7 Å². The summed E-state index contributed by atoms with van der Waals surface area (Å²) < 4.78 is 79.0. The molecule has 2 aromatic rings. The molecule has 0 saturated heterocycles. The number of nitrogens with one attached hydrogen (secondary N) is 3. The maximum Gasteiger partial charge on any atom is 0.297 e. The van der Waals surface area contributed by atoms with Crippen LogP contribution >= 0.6 is 23.2 Å². The van der Waals surface area contributed by atoms with Gasteiger partial charge in [-0.2, -0.15) is 16.8 Å². The van der Waals surface area contributed by atoms with Crippen molar-refractivity contribution in [1.82, 2.24) is 0 Å². The molecule has 1 aliphatic rings. The maximum atomic E-state index is 13.8. The Bertz CT molecular complexity index is 1620. The van der Waals surface area contributed by atoms with Gasteiger partial charge in [0.15, 0.2) is 0 Å². The van der Waals surface area contributed by atoms with E-state index >= 15 is 0 Å². The molecule has 0 fully saturated rings. The number of hydrogen-bond donors (Lipinski definition) is 6. The maximum absolute atomic E-state index is 13.8. The lowest BCUT2D eigenvalue weighted by atomic mass is 10.0. The minimum absolute atomic E-state index is 0.0226. The van der Waals surface area contributed by atoms with Gasteiger partial charge < -0.3 is 21.7 Å². The zero-order valence-corrected chi connectivity index (χ0v) is 22.3. The van der Waals surface area contributed by atoms with Crippen LogP contribution in [-0.4, -0.2) is 50.1 Å². The quantitative estimate of drug-likeness (QED) is 0.179. The van der Waals surface area contributed by atoms with E-state index in [4.69, 9.17) is 33.5 Å². The molecular weight excluding hydrogens is 590 g/mol. The Morgan fingerprint density at radius 1 is 0.868 bits per heavy atom. The van der Waals surface area contributed by atoms with Gasteiger partial charge in [0.25, 0.3) is 20.2 Å². The number of Topliss-reactive ketones (excluding diaryl/α,β-unsaturated/α-hetero) is 2. The second-order valence-corrected chi connectivity index (χ2v) is 11.5. The Morgan fingerprint density at radius 3 is 1.76 bits per heavy atom. The first-order valence-electron chi connectivity index (χ1n) is 10.3. The molecule has 1 atom stereocenters. The standard InChI is InChI=1S/C21H19Cl2FN4O8S2/c1-9(25)8-26-13-5-3-11(7-15(13)38(34,35)36)28-19-17(23)20(29)18(16(22)21(19)30)27-10-2-4-12(24)14(6-10)37(31,32)33/h2-7,9,26-28H,8,25H2,1H3,(H,31,32,33)(H,34,35,36). The second kappa shape index (κ2) is 11.0. The molecule has 1 unspecified atom stereocenters. The molecule has 0 amide bonds. The van der Waals surface area contributed by atoms with Crippen LogP contribution < -0.4 is 21.7 Å². The minimum atomic E-state index is -4.95. The summed E-state index contributed by atoms with van der Waals surface area (Å²) in [6.07, 6.45) is 0. The Labute approximate surface area is 226 Å². The molecule has 0 heterocycles. The van der Waals surface area contributed by atoms with Crippen molar-refractivity contribution in [3.8, 4) is 0 Å². The Balaban J connectivity index is 1.94. The van der Waals surface area contributed by atoms with Crippen molar-refractivity contribution in [1.29, 1.82) is 0 Å². The number of rotatable bonds is 9. The molecule has 0 radical (unpaired) electrons. The smallest absolute Gasteiger partial charge is 0.297 e. The molecule has 17 heteroatoms. The van der Waals surface area contributed by atoms with Gasteiger partial charge in [0, 0.05) is 24.0 Å². The molecule has 0 bridgehead atoms. The molecule has 0 saturated carbocycles. The summed E-state index contributed by atoms with van der Waals surface area (Å²) in [7, 11) is -9.68. The van der Waals surface area contributed by atoms with Crippen LogP contribution in [-0.2, 0) is 29.8 Å². The molecule has 2 aromatic carbocycles. The fraction of sp³-hybridized carbons (Fsp3) is 0.143. The van der Waals surface area contributed by atoms with E-state index in [9.17, 15) is 35.4 Å². The SMILES string of the molecule is CC(N)CNc1ccc(NC2=C(Cl)C(=O)C(Nc3ccc(F)c(S(=O)(=O)O)c3)=C(Cl)C2=O)cc1S(=O)(=O)O. The van der Waals surface area contributed by atoms with Gasteiger partial charge in [-0.1, -0.05) is 23.2 Å². The van der Waals surface area contributed by atoms with Gasteiger partial charge in [-0.3, -0.25) is 18.7 Å². The van der Waals surface area contributed by atoms with E-state index < -0.39 is 68.9 Å². The number of benzene rings is 2. The lowest BCUT2D eigenvalue weighted by molar-refractivity contribution is -0.115. The van der Waals surface area contributed by atoms with E-state index in [0.717, 1.165) is 12.1 Å². The number of anilines is 3. The van der Waals surface area contributed by atoms with E-state index in [2.05, 4.69) is 16.0 Å². The van der Waals surface area contributed by atoms with E-state index in [1.165, 1.54) is 12.1 Å². The number of carbonyl (C=O) groups is 2. The molecule has 7 N–H and O–H groups in total. The van der Waals surface area contributed by atoms with Crippen LogP contribution in [0.4, 0.5) is 21.5 Å². The molecule has 3 rings (SSSR count). The fourth-order valence-electron chi connectivity index (χ4n) is 3.17. The highest BCUT2D eigenvalue weighted by Gasteiger charge is 2.34. The van der Waals surface area contributed by atoms with Gasteiger partial charge in [0.2, 0.25) is 11.6 Å². The summed E-state index contributed by atoms with van der Waals surface area (Å²) in [4.78, 5) is 24.2. The van der Waals surface area contributed by atoms with Crippen LogP contribution in [0.5, 0.6) is 0 Å². The number of ketones is 2. The number of hydrogen-bond acceptors (Lipinski definition) is 10. The van der Waals surface area contributed by atoms with Crippen LogP contribution in [0.3, 0.4) is 0 Å². The summed E-state index contributed by atoms with van der Waals surface area (Å²) in [5, 5.41) is 6.29. The van der Waals surface area contributed by atoms with Gasteiger partial charge >= 0.3 is 0 Å². The van der Waals surface area contributed by atoms with Crippen LogP contribution in [0.15, 0.2) is 67.6 Å². The molecule has 0 aliphatic heterocycles. The van der Waals surface area contributed by atoms with E-state index in [1.54, 1.807) is 6.92 Å². The van der Waals surface area contributed by atoms with E-state index in [0.29, 0.717) is 12.1 Å². The molecule has 0 spiro atoms. The zero-order valence-electron chi connectivity index (χ0n) is 19.1. The third-order valence-electron chi connectivity index (χ3n) is 4.91. The average molecular weight is 609 g/mol. The summed E-state index contributed by atoms with van der Waals surface area (Å²) >= 11 is 12.2. The van der Waals surface area contributed by atoms with Crippen molar-refractivity contribution in [2.75, 3.05) is 22.5 Å². The first kappa shape index (κ1) is 29.5. The lowest BCUT2D eigenvalue weighted by Gasteiger charge is -2.21. The number of carbonyl (C=O) groups excluding carboxylic acids is 2. The molecular formula is C21H19Cl2FN4O8S2. The average Bonchev–Trinajstić information content (AvgIpc) is 2.82. The van der Waals surface area contributed by atoms with Crippen LogP contribution in [0.25, 0.3) is 0 Å². The van der Waals surface area contributed by atoms with Gasteiger partial charge in [0.1, 0.15) is 37.1 Å². The number of nitrogens with two attached hydrogens (primary N) is 1. The normalized spacial score (nSPS) is 15.6. The van der Waals surface area contributed by atoms with Crippen molar-refractivity contribution >= 4 is 72.1 Å². The molecule has 12 nitrogen and oxygen atoms in total.